The van der Waals surface area contributed by atoms with Gasteiger partial charge in [0.25, 0.3) is 10.0 Å². The highest BCUT2D eigenvalue weighted by Crippen LogP contribution is 2.29. The highest BCUT2D eigenvalue weighted by Gasteiger charge is 2.31. The maximum atomic E-state index is 12.9. The summed E-state index contributed by atoms with van der Waals surface area (Å²) in [6.45, 7) is -0.805. The molecule has 0 atom stereocenters. The van der Waals surface area contributed by atoms with E-state index in [2.05, 4.69) is 0 Å². The van der Waals surface area contributed by atoms with Gasteiger partial charge in [0.1, 0.15) is 0 Å². The summed E-state index contributed by atoms with van der Waals surface area (Å²) in [7, 11) is -2.62. The van der Waals surface area contributed by atoms with Crippen LogP contribution < -0.4 is 4.31 Å². The lowest BCUT2D eigenvalue weighted by molar-refractivity contribution is -0.137. The minimum absolute atomic E-state index is 0.130. The van der Waals surface area contributed by atoms with Gasteiger partial charge in [-0.3, -0.25) is 9.10 Å². The average molecular weight is 477 g/mol. The van der Waals surface area contributed by atoms with Crippen LogP contribution in [0, 0.1) is 0 Å². The van der Waals surface area contributed by atoms with Crippen LogP contribution in [-0.2, 0) is 20.9 Å². The van der Waals surface area contributed by atoms with E-state index in [0.717, 1.165) is 22.5 Å². The number of benzene rings is 3. The lowest BCUT2D eigenvalue weighted by Gasteiger charge is -2.19. The Labute approximate surface area is 188 Å². The molecular formula is C23H18F3NO5S. The van der Waals surface area contributed by atoms with E-state index in [9.17, 15) is 31.2 Å². The topological polar surface area (TPSA) is 80.8 Å². The predicted octanol–water partition coefficient (Wildman–Crippen LogP) is 4.57. The van der Waals surface area contributed by atoms with Crippen molar-refractivity contribution in [1.82, 2.24) is 0 Å². The van der Waals surface area contributed by atoms with Crippen molar-refractivity contribution >= 4 is 27.5 Å². The molecule has 0 amide bonds. The second kappa shape index (κ2) is 9.45. The van der Waals surface area contributed by atoms with Crippen molar-refractivity contribution in [3.05, 3.63) is 95.6 Å². The molecule has 0 aromatic heterocycles. The van der Waals surface area contributed by atoms with Gasteiger partial charge in [-0.2, -0.15) is 13.2 Å². The SMILES string of the molecule is CN(c1ccccc1)S(=O)(=O)c1cccc(C(=O)OCC(=O)c2cccc(C(F)(F)F)c2)c1. The van der Waals surface area contributed by atoms with Crippen LogP contribution in [0.4, 0.5) is 18.9 Å². The molecule has 0 aliphatic heterocycles. The van der Waals surface area contributed by atoms with Crippen LogP contribution in [-0.4, -0.2) is 33.8 Å². The fourth-order valence-corrected chi connectivity index (χ4v) is 4.13. The van der Waals surface area contributed by atoms with Crippen LogP contribution in [0.15, 0.2) is 83.8 Å². The number of anilines is 1. The van der Waals surface area contributed by atoms with E-state index in [1.54, 1.807) is 30.3 Å². The third-order valence-corrected chi connectivity index (χ3v) is 6.48. The predicted molar refractivity (Wildman–Crippen MR) is 115 cm³/mol. The number of nitrogens with zero attached hydrogens (tertiary/aromatic N) is 1. The Morgan fingerprint density at radius 3 is 2.18 bits per heavy atom. The second-order valence-electron chi connectivity index (χ2n) is 6.91. The summed E-state index contributed by atoms with van der Waals surface area (Å²) in [4.78, 5) is 24.4. The van der Waals surface area contributed by atoms with E-state index in [0.29, 0.717) is 11.8 Å². The molecule has 6 nitrogen and oxygen atoms in total. The normalized spacial score (nSPS) is 11.6. The maximum absolute atomic E-state index is 12.9. The molecule has 3 aromatic carbocycles. The monoisotopic (exact) mass is 477 g/mol. The summed E-state index contributed by atoms with van der Waals surface area (Å²) < 4.78 is 70.2. The summed E-state index contributed by atoms with van der Waals surface area (Å²) in [6.07, 6.45) is -4.62. The number of carbonyl (C=O) groups is 2. The van der Waals surface area contributed by atoms with Crippen LogP contribution in [0.3, 0.4) is 0 Å². The number of hydrogen-bond acceptors (Lipinski definition) is 5. The zero-order valence-corrected chi connectivity index (χ0v) is 18.1. The van der Waals surface area contributed by atoms with Crippen molar-refractivity contribution in [2.45, 2.75) is 11.1 Å². The molecule has 0 aliphatic carbocycles. The zero-order valence-electron chi connectivity index (χ0n) is 17.2. The van der Waals surface area contributed by atoms with Crippen LogP contribution in [0.25, 0.3) is 0 Å². The number of carbonyl (C=O) groups excluding carboxylic acids is 2. The fraction of sp³-hybridized carbons (Fsp3) is 0.130. The van der Waals surface area contributed by atoms with Gasteiger partial charge in [-0.25, -0.2) is 13.2 Å². The Morgan fingerprint density at radius 2 is 1.52 bits per heavy atom. The molecule has 0 bridgehead atoms. The molecule has 0 aliphatic rings. The number of ether oxygens (including phenoxy) is 1. The number of para-hydroxylation sites is 1. The van der Waals surface area contributed by atoms with Gasteiger partial charge < -0.3 is 4.74 Å². The van der Waals surface area contributed by atoms with Crippen LogP contribution in [0.1, 0.15) is 26.3 Å². The molecule has 0 saturated carbocycles. The molecule has 172 valence electrons. The number of rotatable bonds is 7. The molecule has 10 heteroatoms. The van der Waals surface area contributed by atoms with E-state index >= 15 is 0 Å². The highest BCUT2D eigenvalue weighted by atomic mass is 32.2. The van der Waals surface area contributed by atoms with Crippen molar-refractivity contribution in [3.8, 4) is 0 Å². The van der Waals surface area contributed by atoms with Crippen molar-refractivity contribution < 1.29 is 35.9 Å². The van der Waals surface area contributed by atoms with Gasteiger partial charge in [0.05, 0.1) is 21.7 Å². The Kier molecular flexibility index (Phi) is 6.87. The van der Waals surface area contributed by atoms with Gasteiger partial charge in [0, 0.05) is 12.6 Å². The molecular weight excluding hydrogens is 459 g/mol. The first-order chi connectivity index (χ1) is 15.5. The summed E-state index contributed by atoms with van der Waals surface area (Å²) in [6, 6.07) is 17.1. The largest absolute Gasteiger partial charge is 0.454 e. The van der Waals surface area contributed by atoms with Gasteiger partial charge in [-0.05, 0) is 42.5 Å². The lowest BCUT2D eigenvalue weighted by Crippen LogP contribution is -2.26. The van der Waals surface area contributed by atoms with Crippen molar-refractivity contribution in [3.63, 3.8) is 0 Å². The number of Topliss-reactive ketones (excluding diaryl/α,β-unsaturated/α-hetero) is 1. The molecule has 0 saturated heterocycles. The summed E-state index contributed by atoms with van der Waals surface area (Å²) in [5.74, 6) is -1.82. The third-order valence-electron chi connectivity index (χ3n) is 4.69. The second-order valence-corrected chi connectivity index (χ2v) is 8.88. The number of sulfonamides is 1. The highest BCUT2D eigenvalue weighted by molar-refractivity contribution is 7.92. The number of alkyl halides is 3. The lowest BCUT2D eigenvalue weighted by atomic mass is 10.1. The van der Waals surface area contributed by atoms with E-state index in [4.69, 9.17) is 4.74 Å². The van der Waals surface area contributed by atoms with Gasteiger partial charge >= 0.3 is 12.1 Å². The van der Waals surface area contributed by atoms with Crippen LogP contribution >= 0.6 is 0 Å². The Hall–Kier alpha value is -3.66. The molecule has 0 unspecified atom stereocenters. The first-order valence-corrected chi connectivity index (χ1v) is 11.0. The molecule has 0 spiro atoms. The number of ketones is 1. The standard InChI is InChI=1S/C23H18F3NO5S/c1-27(19-10-3-2-4-11-19)33(30,31)20-12-6-8-17(14-20)22(29)32-15-21(28)16-7-5-9-18(13-16)23(24,25)26/h2-14H,15H2,1H3. The van der Waals surface area contributed by atoms with Gasteiger partial charge in [0.15, 0.2) is 12.4 Å². The average Bonchev–Trinajstić information content (AvgIpc) is 2.82. The Bertz CT molecular complexity index is 1270. The zero-order chi connectivity index (χ0) is 24.2. The Balaban J connectivity index is 1.73. The summed E-state index contributed by atoms with van der Waals surface area (Å²) in [5, 5.41) is 0. The number of halogens is 3. The van der Waals surface area contributed by atoms with Crippen molar-refractivity contribution in [1.29, 1.82) is 0 Å². The molecule has 0 heterocycles. The smallest absolute Gasteiger partial charge is 0.416 e. The fourth-order valence-electron chi connectivity index (χ4n) is 2.89. The molecule has 0 N–H and O–H groups in total. The van der Waals surface area contributed by atoms with E-state index in [-0.39, 0.29) is 16.0 Å². The molecule has 0 fully saturated rings. The van der Waals surface area contributed by atoms with Crippen LogP contribution in [0.5, 0.6) is 0 Å². The minimum atomic E-state index is -4.62. The van der Waals surface area contributed by atoms with E-state index < -0.39 is 40.1 Å². The van der Waals surface area contributed by atoms with Crippen molar-refractivity contribution in [2.24, 2.45) is 0 Å². The molecule has 0 radical (unpaired) electrons. The van der Waals surface area contributed by atoms with Gasteiger partial charge in [0.2, 0.25) is 0 Å². The number of esters is 1. The summed E-state index contributed by atoms with van der Waals surface area (Å²) >= 11 is 0. The third kappa shape index (κ3) is 5.58. The molecule has 3 aromatic rings. The van der Waals surface area contributed by atoms with E-state index in [1.807, 2.05) is 0 Å². The van der Waals surface area contributed by atoms with Gasteiger partial charge in [-0.1, -0.05) is 36.4 Å². The minimum Gasteiger partial charge on any atom is -0.454 e. The van der Waals surface area contributed by atoms with Crippen LogP contribution in [0.2, 0.25) is 0 Å². The number of hydrogen-bond donors (Lipinski definition) is 0. The maximum Gasteiger partial charge on any atom is 0.416 e. The first kappa shape index (κ1) is 24.0. The van der Waals surface area contributed by atoms with E-state index in [1.165, 1.54) is 31.3 Å². The quantitative estimate of drug-likeness (QED) is 0.368. The first-order valence-electron chi connectivity index (χ1n) is 9.52. The Morgan fingerprint density at radius 1 is 0.879 bits per heavy atom. The van der Waals surface area contributed by atoms with Gasteiger partial charge in [-0.15, -0.1) is 0 Å². The summed E-state index contributed by atoms with van der Waals surface area (Å²) in [5.41, 5.74) is -0.981. The van der Waals surface area contributed by atoms with Crippen molar-refractivity contribution in [2.75, 3.05) is 18.0 Å². The molecule has 33 heavy (non-hydrogen) atoms. The molecule has 3 rings (SSSR count).